The molecule has 1 aromatic carbocycles. The molecule has 7 heteroatoms. The maximum Gasteiger partial charge on any atom is 0.263 e. The highest BCUT2D eigenvalue weighted by Gasteiger charge is 2.27. The van der Waals surface area contributed by atoms with Gasteiger partial charge in [0.15, 0.2) is 17.6 Å². The third-order valence-corrected chi connectivity index (χ3v) is 4.88. The van der Waals surface area contributed by atoms with Gasteiger partial charge in [-0.15, -0.1) is 0 Å². The summed E-state index contributed by atoms with van der Waals surface area (Å²) in [4.78, 5) is 21.3. The molecule has 1 fully saturated rings. The second-order valence-electron chi connectivity index (χ2n) is 6.73. The van der Waals surface area contributed by atoms with Gasteiger partial charge in [0.05, 0.1) is 0 Å². The molecule has 1 amide bonds. The highest BCUT2D eigenvalue weighted by molar-refractivity contribution is 5.81. The summed E-state index contributed by atoms with van der Waals surface area (Å²) in [6, 6.07) is 9.34. The number of aromatic nitrogens is 1. The van der Waals surface area contributed by atoms with Crippen LogP contribution >= 0.6 is 0 Å². The molecule has 0 saturated carbocycles. The number of rotatable bonds is 4. The molecule has 2 aliphatic heterocycles. The molecule has 2 aromatic rings. The Kier molecular flexibility index (Phi) is 4.75. The van der Waals surface area contributed by atoms with Gasteiger partial charge >= 0.3 is 0 Å². The molecule has 7 nitrogen and oxygen atoms in total. The Morgan fingerprint density at radius 2 is 1.93 bits per heavy atom. The van der Waals surface area contributed by atoms with E-state index in [0.29, 0.717) is 30.3 Å². The topological polar surface area (TPSA) is 64.1 Å². The van der Waals surface area contributed by atoms with Gasteiger partial charge < -0.3 is 24.0 Å². The minimum Gasteiger partial charge on any atom is -0.481 e. The summed E-state index contributed by atoms with van der Waals surface area (Å²) in [7, 11) is 0. The number of ether oxygens (including phenoxy) is 3. The first-order chi connectivity index (χ1) is 13.1. The summed E-state index contributed by atoms with van der Waals surface area (Å²) in [6.45, 7) is 6.89. The van der Waals surface area contributed by atoms with Gasteiger partial charge in [-0.3, -0.25) is 4.79 Å². The van der Waals surface area contributed by atoms with E-state index in [2.05, 4.69) is 22.9 Å². The monoisotopic (exact) mass is 369 g/mol. The van der Waals surface area contributed by atoms with Crippen LogP contribution in [0, 0.1) is 6.92 Å². The van der Waals surface area contributed by atoms with Crippen LogP contribution < -0.4 is 19.1 Å². The van der Waals surface area contributed by atoms with Crippen LogP contribution in [0.25, 0.3) is 0 Å². The van der Waals surface area contributed by atoms with Crippen LogP contribution in [0.1, 0.15) is 12.5 Å². The quantitative estimate of drug-likeness (QED) is 0.824. The van der Waals surface area contributed by atoms with Gasteiger partial charge in [-0.25, -0.2) is 4.98 Å². The molecule has 0 bridgehead atoms. The molecule has 0 spiro atoms. The number of nitrogens with zero attached hydrogens (tertiary/aromatic N) is 3. The van der Waals surface area contributed by atoms with E-state index in [1.54, 1.807) is 31.3 Å². The Morgan fingerprint density at radius 1 is 1.15 bits per heavy atom. The molecule has 0 aliphatic carbocycles. The predicted octanol–water partition coefficient (Wildman–Crippen LogP) is 2.23. The number of piperazine rings is 1. The van der Waals surface area contributed by atoms with Crippen molar-refractivity contribution in [1.29, 1.82) is 0 Å². The van der Waals surface area contributed by atoms with E-state index < -0.39 is 6.10 Å². The summed E-state index contributed by atoms with van der Waals surface area (Å²) in [5.74, 6) is 2.93. The molecule has 0 N–H and O–H groups in total. The fraction of sp³-hybridized carbons (Fsp3) is 0.400. The van der Waals surface area contributed by atoms with Crippen LogP contribution in [-0.2, 0) is 4.79 Å². The first-order valence-electron chi connectivity index (χ1n) is 9.13. The average Bonchev–Trinajstić information content (AvgIpc) is 3.16. The van der Waals surface area contributed by atoms with Gasteiger partial charge in [0, 0.05) is 38.4 Å². The lowest BCUT2D eigenvalue weighted by molar-refractivity contribution is -0.138. The molecule has 0 unspecified atom stereocenters. The van der Waals surface area contributed by atoms with Crippen LogP contribution in [-0.4, -0.2) is 54.9 Å². The number of amides is 1. The Balaban J connectivity index is 1.34. The van der Waals surface area contributed by atoms with E-state index >= 15 is 0 Å². The number of carbonyl (C=O) groups is 1. The van der Waals surface area contributed by atoms with Crippen molar-refractivity contribution >= 4 is 11.7 Å². The fourth-order valence-corrected chi connectivity index (χ4v) is 3.41. The van der Waals surface area contributed by atoms with Gasteiger partial charge in [-0.2, -0.15) is 0 Å². The van der Waals surface area contributed by atoms with Crippen molar-refractivity contribution in [2.24, 2.45) is 0 Å². The zero-order valence-electron chi connectivity index (χ0n) is 15.6. The number of pyridine rings is 1. The second kappa shape index (κ2) is 7.34. The minimum absolute atomic E-state index is 0.00920. The lowest BCUT2D eigenvalue weighted by atomic mass is 10.2. The Labute approximate surface area is 158 Å². The molecule has 0 radical (unpaired) electrons. The summed E-state index contributed by atoms with van der Waals surface area (Å²) in [6.07, 6.45) is 1.25. The zero-order chi connectivity index (χ0) is 18.8. The lowest BCUT2D eigenvalue weighted by Crippen LogP contribution is -2.52. The number of aryl methyl sites for hydroxylation is 1. The standard InChI is InChI=1S/C20H23N3O4/c1-14-4-3-7-21-19(14)22-8-10-23(11-9-22)20(24)15(2)27-16-5-6-17-18(12-16)26-13-25-17/h3-7,12,15H,8-11,13H2,1-2H3/t15-/m0/s1. The number of carbonyl (C=O) groups excluding carboxylic acids is 1. The molecule has 1 aromatic heterocycles. The maximum absolute atomic E-state index is 12.8. The summed E-state index contributed by atoms with van der Waals surface area (Å²) < 4.78 is 16.5. The highest BCUT2D eigenvalue weighted by atomic mass is 16.7. The summed E-state index contributed by atoms with van der Waals surface area (Å²) >= 11 is 0. The Morgan fingerprint density at radius 3 is 2.70 bits per heavy atom. The minimum atomic E-state index is -0.562. The number of anilines is 1. The number of benzene rings is 1. The molecular weight excluding hydrogens is 346 g/mol. The number of fused-ring (bicyclic) bond motifs is 1. The summed E-state index contributed by atoms with van der Waals surface area (Å²) in [5, 5.41) is 0. The molecule has 2 aliphatic rings. The van der Waals surface area contributed by atoms with E-state index in [1.807, 2.05) is 11.0 Å². The van der Waals surface area contributed by atoms with Gasteiger partial charge in [0.2, 0.25) is 6.79 Å². The van der Waals surface area contributed by atoms with Gasteiger partial charge in [0.1, 0.15) is 11.6 Å². The molecular formula is C20H23N3O4. The van der Waals surface area contributed by atoms with E-state index in [4.69, 9.17) is 14.2 Å². The second-order valence-corrected chi connectivity index (χ2v) is 6.73. The normalized spacial score (nSPS) is 17.0. The highest BCUT2D eigenvalue weighted by Crippen LogP contribution is 2.35. The zero-order valence-corrected chi connectivity index (χ0v) is 15.6. The van der Waals surface area contributed by atoms with Crippen molar-refractivity contribution in [3.05, 3.63) is 42.1 Å². The van der Waals surface area contributed by atoms with Crippen molar-refractivity contribution in [3.63, 3.8) is 0 Å². The van der Waals surface area contributed by atoms with Crippen molar-refractivity contribution in [2.75, 3.05) is 37.9 Å². The summed E-state index contributed by atoms with van der Waals surface area (Å²) in [5.41, 5.74) is 1.15. The van der Waals surface area contributed by atoms with Crippen LogP contribution in [0.4, 0.5) is 5.82 Å². The van der Waals surface area contributed by atoms with Crippen molar-refractivity contribution < 1.29 is 19.0 Å². The molecule has 142 valence electrons. The van der Waals surface area contributed by atoms with Crippen molar-refractivity contribution in [1.82, 2.24) is 9.88 Å². The fourth-order valence-electron chi connectivity index (χ4n) is 3.41. The molecule has 1 saturated heterocycles. The Hall–Kier alpha value is -2.96. The molecule has 3 heterocycles. The van der Waals surface area contributed by atoms with Gasteiger partial charge in [-0.05, 0) is 37.6 Å². The molecule has 1 atom stereocenters. The lowest BCUT2D eigenvalue weighted by Gasteiger charge is -2.37. The van der Waals surface area contributed by atoms with Crippen LogP contribution in [0.2, 0.25) is 0 Å². The van der Waals surface area contributed by atoms with Crippen molar-refractivity contribution in [3.8, 4) is 17.2 Å². The largest absolute Gasteiger partial charge is 0.481 e. The SMILES string of the molecule is Cc1cccnc1N1CCN(C(=O)[C@H](C)Oc2ccc3c(c2)OCO3)CC1. The van der Waals surface area contributed by atoms with Crippen LogP contribution in [0.5, 0.6) is 17.2 Å². The van der Waals surface area contributed by atoms with Gasteiger partial charge in [0.25, 0.3) is 5.91 Å². The van der Waals surface area contributed by atoms with E-state index in [1.165, 1.54) is 0 Å². The van der Waals surface area contributed by atoms with Crippen molar-refractivity contribution in [2.45, 2.75) is 20.0 Å². The van der Waals surface area contributed by atoms with Gasteiger partial charge in [-0.1, -0.05) is 6.07 Å². The Bertz CT molecular complexity index is 834. The third-order valence-electron chi connectivity index (χ3n) is 4.88. The number of hydrogen-bond acceptors (Lipinski definition) is 6. The van der Waals surface area contributed by atoms with E-state index in [-0.39, 0.29) is 12.7 Å². The first kappa shape index (κ1) is 17.5. The number of hydrogen-bond donors (Lipinski definition) is 0. The maximum atomic E-state index is 12.8. The van der Waals surface area contributed by atoms with E-state index in [9.17, 15) is 4.79 Å². The predicted molar refractivity (Wildman–Crippen MR) is 100 cm³/mol. The van der Waals surface area contributed by atoms with Crippen LogP contribution in [0.3, 0.4) is 0 Å². The van der Waals surface area contributed by atoms with E-state index in [0.717, 1.165) is 24.5 Å². The average molecular weight is 369 g/mol. The molecule has 27 heavy (non-hydrogen) atoms. The smallest absolute Gasteiger partial charge is 0.263 e. The first-order valence-corrected chi connectivity index (χ1v) is 9.13. The third kappa shape index (κ3) is 3.63. The molecule has 4 rings (SSSR count). The van der Waals surface area contributed by atoms with Crippen LogP contribution in [0.15, 0.2) is 36.5 Å².